The van der Waals surface area contributed by atoms with E-state index in [9.17, 15) is 14.4 Å². The molecular formula is C71H124O6. The first-order chi connectivity index (χ1) is 38.0. The van der Waals surface area contributed by atoms with Gasteiger partial charge < -0.3 is 14.2 Å². The number of unbranched alkanes of at least 4 members (excludes halogenated alkanes) is 35. The van der Waals surface area contributed by atoms with Crippen LogP contribution in [-0.2, 0) is 28.6 Å². The summed E-state index contributed by atoms with van der Waals surface area (Å²) in [4.78, 5) is 38.2. The zero-order valence-corrected chi connectivity index (χ0v) is 51.0. The maximum atomic E-state index is 12.9. The highest BCUT2D eigenvalue weighted by Crippen LogP contribution is 2.17. The van der Waals surface area contributed by atoms with Gasteiger partial charge in [-0.05, 0) is 116 Å². The first-order valence-corrected chi connectivity index (χ1v) is 33.1. The van der Waals surface area contributed by atoms with E-state index >= 15 is 0 Å². The summed E-state index contributed by atoms with van der Waals surface area (Å²) in [7, 11) is 0. The quantitative estimate of drug-likeness (QED) is 0.0261. The van der Waals surface area contributed by atoms with Crippen molar-refractivity contribution in [3.05, 3.63) is 85.1 Å². The summed E-state index contributed by atoms with van der Waals surface area (Å²) >= 11 is 0. The maximum Gasteiger partial charge on any atom is 0.306 e. The normalized spacial score (nSPS) is 12.6. The molecule has 0 heterocycles. The molecule has 444 valence electrons. The maximum absolute atomic E-state index is 12.9. The monoisotopic (exact) mass is 1070 g/mol. The standard InChI is InChI=1S/C71H124O6/c1-4-7-10-13-16-19-22-25-27-28-29-30-31-32-33-34-35-36-37-38-39-40-41-42-44-46-49-52-55-58-61-64-70(73)76-67-68(66-75-69(72)63-60-57-54-51-48-45-24-21-18-15-12-9-6-3)77-71(74)65-62-59-56-53-50-47-43-26-23-20-17-14-11-8-5-2/h9,12,17-18,20-22,25-26,28-29,43,45,48,68H,4-8,10-11,13-16,19,23-24,27,30-42,44,46-47,49-67H2,1-3H3/b12-9-,20-17-,21-18-,25-22-,29-28-,43-26-,48-45-. The van der Waals surface area contributed by atoms with Gasteiger partial charge in [-0.2, -0.15) is 0 Å². The van der Waals surface area contributed by atoms with E-state index in [1.165, 1.54) is 173 Å². The predicted octanol–water partition coefficient (Wildman–Crippen LogP) is 22.7. The third-order valence-corrected chi connectivity index (χ3v) is 14.4. The Hall–Kier alpha value is -3.41. The molecule has 0 rings (SSSR count). The Bertz CT molecular complexity index is 1470. The minimum Gasteiger partial charge on any atom is -0.462 e. The molecule has 0 aromatic rings. The van der Waals surface area contributed by atoms with Crippen molar-refractivity contribution in [2.45, 2.75) is 335 Å². The first-order valence-electron chi connectivity index (χ1n) is 33.1. The van der Waals surface area contributed by atoms with Crippen LogP contribution in [0.5, 0.6) is 0 Å². The zero-order chi connectivity index (χ0) is 55.7. The lowest BCUT2D eigenvalue weighted by Crippen LogP contribution is -2.30. The number of carbonyl (C=O) groups is 3. The van der Waals surface area contributed by atoms with Gasteiger partial charge in [-0.25, -0.2) is 0 Å². The van der Waals surface area contributed by atoms with Crippen LogP contribution in [0, 0.1) is 0 Å². The Morgan fingerprint density at radius 3 is 0.831 bits per heavy atom. The Labute approximate surface area is 477 Å². The predicted molar refractivity (Wildman–Crippen MR) is 334 cm³/mol. The number of allylic oxidation sites excluding steroid dienone is 14. The van der Waals surface area contributed by atoms with Gasteiger partial charge in [0.15, 0.2) is 6.10 Å². The van der Waals surface area contributed by atoms with E-state index in [0.717, 1.165) is 116 Å². The summed E-state index contributed by atoms with van der Waals surface area (Å²) in [6, 6.07) is 0. The zero-order valence-electron chi connectivity index (χ0n) is 51.0. The number of esters is 3. The van der Waals surface area contributed by atoms with E-state index in [4.69, 9.17) is 14.2 Å². The second-order valence-corrected chi connectivity index (χ2v) is 22.0. The van der Waals surface area contributed by atoms with Gasteiger partial charge in [-0.15, -0.1) is 0 Å². The van der Waals surface area contributed by atoms with Gasteiger partial charge in [0.2, 0.25) is 0 Å². The molecule has 6 heteroatoms. The van der Waals surface area contributed by atoms with E-state index in [2.05, 4.69) is 106 Å². The highest BCUT2D eigenvalue weighted by molar-refractivity contribution is 5.71. The molecule has 0 aliphatic carbocycles. The Morgan fingerprint density at radius 1 is 0.273 bits per heavy atom. The van der Waals surface area contributed by atoms with Crippen LogP contribution in [0.15, 0.2) is 85.1 Å². The SMILES string of the molecule is CC/C=C\C/C=C\C/C=C\CCCCCC(=O)OCC(COC(=O)CCCCCCCCCCCCCCCCCCCCC/C=C\C/C=C\CCCCCCC)OC(=O)CCCCCCC/C=C\C/C=C\CCCCC. The van der Waals surface area contributed by atoms with E-state index in [1.54, 1.807) is 0 Å². The number of hydrogen-bond acceptors (Lipinski definition) is 6. The van der Waals surface area contributed by atoms with Crippen molar-refractivity contribution >= 4 is 17.9 Å². The van der Waals surface area contributed by atoms with Crippen molar-refractivity contribution < 1.29 is 28.6 Å². The van der Waals surface area contributed by atoms with E-state index in [1.807, 2.05) is 0 Å². The first kappa shape index (κ1) is 73.6. The third-order valence-electron chi connectivity index (χ3n) is 14.4. The average molecular weight is 1070 g/mol. The summed E-state index contributed by atoms with van der Waals surface area (Å²) in [6.45, 7) is 6.48. The summed E-state index contributed by atoms with van der Waals surface area (Å²) in [5.41, 5.74) is 0. The molecule has 0 aliphatic rings. The van der Waals surface area contributed by atoms with E-state index in [0.29, 0.717) is 19.3 Å². The molecule has 0 saturated carbocycles. The van der Waals surface area contributed by atoms with Crippen LogP contribution < -0.4 is 0 Å². The largest absolute Gasteiger partial charge is 0.462 e. The van der Waals surface area contributed by atoms with Crippen molar-refractivity contribution in [2.75, 3.05) is 13.2 Å². The Kier molecular flexibility index (Phi) is 62.2. The third kappa shape index (κ3) is 63.3. The fourth-order valence-corrected chi connectivity index (χ4v) is 9.40. The fourth-order valence-electron chi connectivity index (χ4n) is 9.40. The average Bonchev–Trinajstić information content (AvgIpc) is 3.43. The molecular weight excluding hydrogens is 949 g/mol. The summed E-state index contributed by atoms with van der Waals surface area (Å²) < 4.78 is 16.9. The highest BCUT2D eigenvalue weighted by atomic mass is 16.6. The summed E-state index contributed by atoms with van der Waals surface area (Å²) in [5, 5.41) is 0. The van der Waals surface area contributed by atoms with Crippen LogP contribution in [-0.4, -0.2) is 37.2 Å². The molecule has 0 fully saturated rings. The van der Waals surface area contributed by atoms with E-state index in [-0.39, 0.29) is 31.1 Å². The fraction of sp³-hybridized carbons (Fsp3) is 0.761. The minimum atomic E-state index is -0.796. The molecule has 0 aliphatic heterocycles. The summed E-state index contributed by atoms with van der Waals surface area (Å²) in [6.07, 6.45) is 86.2. The van der Waals surface area contributed by atoms with Crippen LogP contribution in [0.25, 0.3) is 0 Å². The van der Waals surface area contributed by atoms with Gasteiger partial charge in [0.25, 0.3) is 0 Å². The van der Waals surface area contributed by atoms with Crippen LogP contribution in [0.1, 0.15) is 329 Å². The molecule has 0 amide bonds. The summed E-state index contributed by atoms with van der Waals surface area (Å²) in [5.74, 6) is -0.923. The lowest BCUT2D eigenvalue weighted by Gasteiger charge is -2.18. The van der Waals surface area contributed by atoms with Gasteiger partial charge in [-0.3, -0.25) is 14.4 Å². The molecule has 1 unspecified atom stereocenters. The number of carbonyl (C=O) groups excluding carboxylic acids is 3. The number of ether oxygens (including phenoxy) is 3. The van der Waals surface area contributed by atoms with E-state index < -0.39 is 6.10 Å². The molecule has 0 saturated heterocycles. The van der Waals surface area contributed by atoms with Gasteiger partial charge in [0.1, 0.15) is 13.2 Å². The second kappa shape index (κ2) is 65.1. The molecule has 0 aromatic carbocycles. The minimum absolute atomic E-state index is 0.0895. The van der Waals surface area contributed by atoms with Crippen molar-refractivity contribution in [2.24, 2.45) is 0 Å². The smallest absolute Gasteiger partial charge is 0.306 e. The van der Waals surface area contributed by atoms with Crippen molar-refractivity contribution in [1.82, 2.24) is 0 Å². The topological polar surface area (TPSA) is 78.9 Å². The number of hydrogen-bond donors (Lipinski definition) is 0. The number of rotatable bonds is 60. The van der Waals surface area contributed by atoms with Gasteiger partial charge >= 0.3 is 17.9 Å². The molecule has 0 radical (unpaired) electrons. The van der Waals surface area contributed by atoms with Crippen molar-refractivity contribution in [3.63, 3.8) is 0 Å². The van der Waals surface area contributed by atoms with Crippen LogP contribution >= 0.6 is 0 Å². The van der Waals surface area contributed by atoms with Crippen LogP contribution in [0.3, 0.4) is 0 Å². The molecule has 0 aromatic heterocycles. The molecule has 0 bridgehead atoms. The second-order valence-electron chi connectivity index (χ2n) is 22.0. The van der Waals surface area contributed by atoms with Crippen LogP contribution in [0.2, 0.25) is 0 Å². The lowest BCUT2D eigenvalue weighted by molar-refractivity contribution is -0.167. The van der Waals surface area contributed by atoms with Crippen molar-refractivity contribution in [3.8, 4) is 0 Å². The Balaban J connectivity index is 4.18. The highest BCUT2D eigenvalue weighted by Gasteiger charge is 2.19. The molecule has 6 nitrogen and oxygen atoms in total. The van der Waals surface area contributed by atoms with Crippen LogP contribution in [0.4, 0.5) is 0 Å². The lowest BCUT2D eigenvalue weighted by atomic mass is 10.0. The van der Waals surface area contributed by atoms with Gasteiger partial charge in [-0.1, -0.05) is 279 Å². The molecule has 1 atom stereocenters. The Morgan fingerprint density at radius 2 is 0.506 bits per heavy atom. The van der Waals surface area contributed by atoms with Gasteiger partial charge in [0, 0.05) is 19.3 Å². The molecule has 0 spiro atoms. The molecule has 77 heavy (non-hydrogen) atoms. The van der Waals surface area contributed by atoms with Crippen molar-refractivity contribution in [1.29, 1.82) is 0 Å². The molecule has 0 N–H and O–H groups in total. The van der Waals surface area contributed by atoms with Gasteiger partial charge in [0.05, 0.1) is 0 Å².